The van der Waals surface area contributed by atoms with Gasteiger partial charge in [-0.2, -0.15) is 0 Å². The highest BCUT2D eigenvalue weighted by molar-refractivity contribution is 6.30. The molecule has 0 aliphatic carbocycles. The van der Waals surface area contributed by atoms with Crippen LogP contribution in [-0.4, -0.2) is 37.8 Å². The maximum atomic E-state index is 11.7. The third-order valence-electron chi connectivity index (χ3n) is 5.57. The molecule has 0 fully saturated rings. The van der Waals surface area contributed by atoms with E-state index in [1.807, 2.05) is 36.4 Å². The second-order valence-corrected chi connectivity index (χ2v) is 8.14. The first-order chi connectivity index (χ1) is 15.5. The Morgan fingerprint density at radius 1 is 1.25 bits per heavy atom. The first kappa shape index (κ1) is 22.0. The molecule has 1 N–H and O–H groups in total. The van der Waals surface area contributed by atoms with Crippen LogP contribution in [0.1, 0.15) is 34.5 Å². The van der Waals surface area contributed by atoms with Gasteiger partial charge in [0.15, 0.2) is 5.82 Å². The molecule has 1 aromatic heterocycles. The van der Waals surface area contributed by atoms with Crippen LogP contribution in [0.5, 0.6) is 5.75 Å². The molecule has 1 aliphatic heterocycles. The van der Waals surface area contributed by atoms with Gasteiger partial charge in [0.25, 0.3) is 0 Å². The van der Waals surface area contributed by atoms with Crippen LogP contribution in [0.3, 0.4) is 0 Å². The first-order valence-electron chi connectivity index (χ1n) is 10.6. The van der Waals surface area contributed by atoms with Crippen molar-refractivity contribution in [3.63, 3.8) is 0 Å². The van der Waals surface area contributed by atoms with Gasteiger partial charge in [0.2, 0.25) is 0 Å². The third kappa shape index (κ3) is 4.97. The van der Waals surface area contributed by atoms with E-state index in [9.17, 15) is 4.79 Å². The Balaban J connectivity index is 1.52. The van der Waals surface area contributed by atoms with Crippen LogP contribution in [0, 0.1) is 0 Å². The quantitative estimate of drug-likeness (QED) is 0.502. The van der Waals surface area contributed by atoms with Crippen molar-refractivity contribution < 1.29 is 14.3 Å². The first-order valence-corrected chi connectivity index (χ1v) is 11.0. The van der Waals surface area contributed by atoms with Gasteiger partial charge in [-0.05, 0) is 48.7 Å². The lowest BCUT2D eigenvalue weighted by Crippen LogP contribution is -2.35. The van der Waals surface area contributed by atoms with Crippen LogP contribution in [0.2, 0.25) is 5.02 Å². The predicted molar refractivity (Wildman–Crippen MR) is 127 cm³/mol. The molecule has 0 saturated carbocycles. The van der Waals surface area contributed by atoms with E-state index in [1.165, 1.54) is 12.7 Å². The summed E-state index contributed by atoms with van der Waals surface area (Å²) in [4.78, 5) is 18.6. The summed E-state index contributed by atoms with van der Waals surface area (Å²) in [6.45, 7) is 4.32. The summed E-state index contributed by atoms with van der Waals surface area (Å²) >= 11 is 6.14. The summed E-state index contributed by atoms with van der Waals surface area (Å²) < 4.78 is 10.7. The zero-order valence-electron chi connectivity index (χ0n) is 18.2. The fourth-order valence-corrected chi connectivity index (χ4v) is 4.05. The molecule has 166 valence electrons. The molecule has 0 spiro atoms. The molecule has 1 atom stereocenters. The number of ether oxygens (including phenoxy) is 2. The van der Waals surface area contributed by atoms with Crippen molar-refractivity contribution in [1.29, 1.82) is 0 Å². The van der Waals surface area contributed by atoms with E-state index in [4.69, 9.17) is 21.1 Å². The average molecular weight is 452 g/mol. The number of rotatable bonds is 7. The van der Waals surface area contributed by atoms with Crippen molar-refractivity contribution in [3.8, 4) is 5.75 Å². The normalized spacial score (nSPS) is 13.7. The van der Waals surface area contributed by atoms with E-state index >= 15 is 0 Å². The summed E-state index contributed by atoms with van der Waals surface area (Å²) in [5.74, 6) is 1.26. The number of esters is 1. The Morgan fingerprint density at radius 3 is 2.81 bits per heavy atom. The number of nitrogens with zero attached hydrogens (tertiary/aromatic N) is 2. The maximum absolute atomic E-state index is 11.7. The molecular formula is C25H26ClN3O3. The van der Waals surface area contributed by atoms with Crippen molar-refractivity contribution in [2.24, 2.45) is 0 Å². The molecule has 4 rings (SSSR count). The smallest absolute Gasteiger partial charge is 0.337 e. The summed E-state index contributed by atoms with van der Waals surface area (Å²) in [5.41, 5.74) is 3.74. The number of halogens is 1. The summed E-state index contributed by atoms with van der Waals surface area (Å²) in [7, 11) is 1.38. The van der Waals surface area contributed by atoms with Gasteiger partial charge in [-0.15, -0.1) is 0 Å². The van der Waals surface area contributed by atoms with Gasteiger partial charge in [0.1, 0.15) is 18.0 Å². The minimum atomic E-state index is -0.344. The zero-order chi connectivity index (χ0) is 22.5. The number of hydrogen-bond donors (Lipinski definition) is 1. The number of fused-ring (bicyclic) bond motifs is 1. The van der Waals surface area contributed by atoms with Crippen molar-refractivity contribution in [3.05, 3.63) is 82.5 Å². The Kier molecular flexibility index (Phi) is 6.81. The molecule has 0 amide bonds. The molecule has 0 radical (unpaired) electrons. The van der Waals surface area contributed by atoms with Crippen LogP contribution in [0.25, 0.3) is 0 Å². The van der Waals surface area contributed by atoms with Crippen LogP contribution in [-0.2, 0) is 11.2 Å². The van der Waals surface area contributed by atoms with Gasteiger partial charge in [-0.3, -0.25) is 0 Å². The molecule has 7 heteroatoms. The molecule has 2 aromatic carbocycles. The monoisotopic (exact) mass is 451 g/mol. The Morgan fingerprint density at radius 2 is 2.06 bits per heavy atom. The number of pyridine rings is 1. The molecule has 1 unspecified atom stereocenters. The Labute approximate surface area is 193 Å². The molecular weight excluding hydrogens is 426 g/mol. The van der Waals surface area contributed by atoms with Crippen molar-refractivity contribution >= 4 is 29.1 Å². The van der Waals surface area contributed by atoms with E-state index in [0.717, 1.165) is 47.4 Å². The number of hydrogen-bond acceptors (Lipinski definition) is 6. The lowest BCUT2D eigenvalue weighted by Gasteiger charge is -2.33. The number of benzene rings is 2. The minimum Gasteiger partial charge on any atom is -0.489 e. The largest absolute Gasteiger partial charge is 0.489 e. The number of carbonyl (C=O) groups excluding carboxylic acids is 1. The van der Waals surface area contributed by atoms with Gasteiger partial charge >= 0.3 is 5.97 Å². The minimum absolute atomic E-state index is 0.0163. The topological polar surface area (TPSA) is 63.7 Å². The number of anilines is 2. The van der Waals surface area contributed by atoms with Gasteiger partial charge < -0.3 is 19.7 Å². The summed E-state index contributed by atoms with van der Waals surface area (Å²) in [5, 5.41) is 4.27. The number of nitrogens with one attached hydrogen (secondary N) is 1. The van der Waals surface area contributed by atoms with E-state index in [-0.39, 0.29) is 12.0 Å². The lowest BCUT2D eigenvalue weighted by molar-refractivity contribution is 0.0600. The van der Waals surface area contributed by atoms with Gasteiger partial charge in [0.05, 0.1) is 25.3 Å². The van der Waals surface area contributed by atoms with Gasteiger partial charge in [0, 0.05) is 23.8 Å². The maximum Gasteiger partial charge on any atom is 0.337 e. The lowest BCUT2D eigenvalue weighted by atomic mass is 10.1. The molecule has 6 nitrogen and oxygen atoms in total. The highest BCUT2D eigenvalue weighted by Gasteiger charge is 2.23. The second-order valence-electron chi connectivity index (χ2n) is 7.70. The number of methoxy groups -OCH3 is 1. The third-order valence-corrected chi connectivity index (χ3v) is 5.80. The SMILES string of the molecule is COC(=O)c1ccc(C(C)Nc2nccc3c2N(CCc2cccc(Cl)c2)CCO3)cc1. The average Bonchev–Trinajstić information content (AvgIpc) is 2.82. The fourth-order valence-electron chi connectivity index (χ4n) is 3.84. The highest BCUT2D eigenvalue weighted by Crippen LogP contribution is 2.38. The summed E-state index contributed by atoms with van der Waals surface area (Å²) in [6, 6.07) is 17.2. The van der Waals surface area contributed by atoms with Crippen molar-refractivity contribution in [1.82, 2.24) is 4.98 Å². The number of carbonyl (C=O) groups is 1. The van der Waals surface area contributed by atoms with Crippen LogP contribution in [0.15, 0.2) is 60.8 Å². The van der Waals surface area contributed by atoms with Crippen LogP contribution >= 0.6 is 11.6 Å². The van der Waals surface area contributed by atoms with Crippen LogP contribution in [0.4, 0.5) is 11.5 Å². The highest BCUT2D eigenvalue weighted by atomic mass is 35.5. The Bertz CT molecular complexity index is 1090. The molecule has 3 aromatic rings. The zero-order valence-corrected chi connectivity index (χ0v) is 18.9. The second kappa shape index (κ2) is 9.92. The van der Waals surface area contributed by atoms with Crippen molar-refractivity contribution in [2.75, 3.05) is 37.0 Å². The molecule has 0 bridgehead atoms. The number of aromatic nitrogens is 1. The van der Waals surface area contributed by atoms with E-state index in [2.05, 4.69) is 28.2 Å². The van der Waals surface area contributed by atoms with Crippen molar-refractivity contribution in [2.45, 2.75) is 19.4 Å². The van der Waals surface area contributed by atoms with E-state index < -0.39 is 0 Å². The Hall–Kier alpha value is -3.25. The van der Waals surface area contributed by atoms with Gasteiger partial charge in [-0.25, -0.2) is 9.78 Å². The fraction of sp³-hybridized carbons (Fsp3) is 0.280. The predicted octanol–water partition coefficient (Wildman–Crippen LogP) is 5.14. The summed E-state index contributed by atoms with van der Waals surface area (Å²) in [6.07, 6.45) is 2.63. The van der Waals surface area contributed by atoms with Crippen LogP contribution < -0.4 is 15.0 Å². The van der Waals surface area contributed by atoms with E-state index in [0.29, 0.717) is 12.2 Å². The molecule has 1 aliphatic rings. The van der Waals surface area contributed by atoms with Gasteiger partial charge in [-0.1, -0.05) is 35.9 Å². The molecule has 32 heavy (non-hydrogen) atoms. The molecule has 2 heterocycles. The molecule has 0 saturated heterocycles. The van der Waals surface area contributed by atoms with E-state index in [1.54, 1.807) is 18.3 Å². The standard InChI is InChI=1S/C25H26ClN3O3/c1-17(19-6-8-20(9-7-19)25(30)31-2)28-24-23-22(10-12-27-24)32-15-14-29(23)13-11-18-4-3-5-21(26)16-18/h3-10,12,16-17H,11,13-15H2,1-2H3,(H,27,28).